The number of rotatable bonds is 3. The molecule has 2 rings (SSSR count). The third-order valence-electron chi connectivity index (χ3n) is 2.57. The SMILES string of the molecule is [B]c1cc(F)c2nc(CC)c(N(C)C=O)n2c1. The molecule has 0 unspecified atom stereocenters. The van der Waals surface area contributed by atoms with Gasteiger partial charge in [-0.05, 0) is 12.5 Å². The van der Waals surface area contributed by atoms with Crippen molar-refractivity contribution >= 4 is 31.2 Å². The summed E-state index contributed by atoms with van der Waals surface area (Å²) in [6.07, 6.45) is 2.82. The highest BCUT2D eigenvalue weighted by atomic mass is 19.1. The smallest absolute Gasteiger partial charge is 0.215 e. The number of anilines is 1. The number of amides is 1. The van der Waals surface area contributed by atoms with E-state index in [-0.39, 0.29) is 11.1 Å². The average Bonchev–Trinajstić information content (AvgIpc) is 2.66. The molecule has 0 saturated heterocycles. The van der Waals surface area contributed by atoms with Crippen LogP contribution in [0.2, 0.25) is 0 Å². The van der Waals surface area contributed by atoms with Crippen molar-refractivity contribution in [3.05, 3.63) is 23.8 Å². The van der Waals surface area contributed by atoms with Gasteiger partial charge in [-0.1, -0.05) is 12.4 Å². The third kappa shape index (κ3) is 1.79. The van der Waals surface area contributed by atoms with Crippen molar-refractivity contribution in [1.29, 1.82) is 0 Å². The molecular weight excluding hydrogens is 220 g/mol. The standard InChI is InChI=1S/C11H11BFN3O/c1-3-9-11(15(2)6-17)16-5-7(12)4-8(13)10(16)14-9/h4-6H,3H2,1-2H3. The van der Waals surface area contributed by atoms with Gasteiger partial charge in [0.25, 0.3) is 0 Å². The molecule has 2 radical (unpaired) electrons. The lowest BCUT2D eigenvalue weighted by Gasteiger charge is -2.12. The quantitative estimate of drug-likeness (QED) is 0.567. The number of nitrogens with zero attached hydrogens (tertiary/aromatic N) is 3. The summed E-state index contributed by atoms with van der Waals surface area (Å²) in [7, 11) is 7.18. The first kappa shape index (κ1) is 11.6. The van der Waals surface area contributed by atoms with E-state index in [0.29, 0.717) is 24.3 Å². The van der Waals surface area contributed by atoms with Crippen LogP contribution in [0.3, 0.4) is 0 Å². The summed E-state index contributed by atoms with van der Waals surface area (Å²) >= 11 is 0. The second kappa shape index (κ2) is 4.20. The van der Waals surface area contributed by atoms with Crippen LogP contribution in [0.15, 0.2) is 12.3 Å². The highest BCUT2D eigenvalue weighted by Gasteiger charge is 2.16. The van der Waals surface area contributed by atoms with E-state index in [9.17, 15) is 9.18 Å². The number of carbonyl (C=O) groups excluding carboxylic acids is 1. The lowest BCUT2D eigenvalue weighted by molar-refractivity contribution is -0.107. The largest absolute Gasteiger partial charge is 0.302 e. The zero-order chi connectivity index (χ0) is 12.6. The summed E-state index contributed by atoms with van der Waals surface area (Å²) in [6.45, 7) is 1.89. The number of aromatic nitrogens is 2. The number of imidazole rings is 1. The van der Waals surface area contributed by atoms with Crippen LogP contribution < -0.4 is 10.4 Å². The fraction of sp³-hybridized carbons (Fsp3) is 0.273. The summed E-state index contributed by atoms with van der Waals surface area (Å²) in [4.78, 5) is 16.4. The van der Waals surface area contributed by atoms with Crippen molar-refractivity contribution in [2.24, 2.45) is 0 Å². The molecule has 2 aromatic rings. The van der Waals surface area contributed by atoms with Crippen LogP contribution in [0.5, 0.6) is 0 Å². The highest BCUT2D eigenvalue weighted by molar-refractivity contribution is 6.32. The van der Waals surface area contributed by atoms with Crippen LogP contribution >= 0.6 is 0 Å². The molecule has 0 aliphatic carbocycles. The molecular formula is C11H11BFN3O. The van der Waals surface area contributed by atoms with E-state index in [1.165, 1.54) is 15.4 Å². The van der Waals surface area contributed by atoms with Crippen LogP contribution in [-0.4, -0.2) is 30.7 Å². The number of aryl methyl sites for hydroxylation is 1. The second-order valence-electron chi connectivity index (χ2n) is 3.77. The summed E-state index contributed by atoms with van der Waals surface area (Å²) < 4.78 is 15.2. The minimum Gasteiger partial charge on any atom is -0.302 e. The van der Waals surface area contributed by atoms with E-state index in [1.54, 1.807) is 13.2 Å². The zero-order valence-electron chi connectivity index (χ0n) is 9.64. The van der Waals surface area contributed by atoms with E-state index in [0.717, 1.165) is 0 Å². The van der Waals surface area contributed by atoms with Crippen LogP contribution in [0.25, 0.3) is 5.65 Å². The van der Waals surface area contributed by atoms with Crippen molar-refractivity contribution in [3.8, 4) is 0 Å². The lowest BCUT2D eigenvalue weighted by atomic mass is 9.99. The van der Waals surface area contributed by atoms with Gasteiger partial charge in [-0.25, -0.2) is 9.37 Å². The van der Waals surface area contributed by atoms with Crippen molar-refractivity contribution in [2.75, 3.05) is 11.9 Å². The van der Waals surface area contributed by atoms with E-state index >= 15 is 0 Å². The summed E-state index contributed by atoms with van der Waals surface area (Å²) in [5.74, 6) is 0.0500. The number of pyridine rings is 1. The maximum Gasteiger partial charge on any atom is 0.215 e. The minimum atomic E-state index is -0.495. The van der Waals surface area contributed by atoms with Crippen molar-refractivity contribution in [3.63, 3.8) is 0 Å². The molecule has 0 atom stereocenters. The van der Waals surface area contributed by atoms with Gasteiger partial charge in [0.05, 0.1) is 5.69 Å². The van der Waals surface area contributed by atoms with Crippen molar-refractivity contribution < 1.29 is 9.18 Å². The van der Waals surface area contributed by atoms with Gasteiger partial charge >= 0.3 is 0 Å². The average molecular weight is 231 g/mol. The first-order valence-electron chi connectivity index (χ1n) is 5.22. The van der Waals surface area contributed by atoms with Crippen LogP contribution in [0, 0.1) is 5.82 Å². The van der Waals surface area contributed by atoms with Crippen molar-refractivity contribution in [2.45, 2.75) is 13.3 Å². The second-order valence-corrected chi connectivity index (χ2v) is 3.77. The Morgan fingerprint density at radius 3 is 2.94 bits per heavy atom. The molecule has 0 spiro atoms. The predicted octanol–water partition coefficient (Wildman–Crippen LogP) is 0.422. The van der Waals surface area contributed by atoms with Gasteiger partial charge in [-0.2, -0.15) is 0 Å². The van der Waals surface area contributed by atoms with E-state index in [2.05, 4.69) is 4.98 Å². The van der Waals surface area contributed by atoms with E-state index in [4.69, 9.17) is 7.85 Å². The molecule has 0 aliphatic heterocycles. The van der Waals surface area contributed by atoms with Gasteiger partial charge in [0.1, 0.15) is 13.7 Å². The highest BCUT2D eigenvalue weighted by Crippen LogP contribution is 2.22. The topological polar surface area (TPSA) is 37.6 Å². The molecule has 17 heavy (non-hydrogen) atoms. The summed E-state index contributed by atoms with van der Waals surface area (Å²) in [5.41, 5.74) is 1.12. The van der Waals surface area contributed by atoms with Crippen LogP contribution in [0.4, 0.5) is 10.2 Å². The first-order chi connectivity index (χ1) is 8.08. The molecule has 2 heterocycles. The van der Waals surface area contributed by atoms with Crippen LogP contribution in [0.1, 0.15) is 12.6 Å². The first-order valence-corrected chi connectivity index (χ1v) is 5.22. The molecule has 0 N–H and O–H groups in total. The van der Waals surface area contributed by atoms with Gasteiger partial charge in [0, 0.05) is 13.2 Å². The number of fused-ring (bicyclic) bond motifs is 1. The van der Waals surface area contributed by atoms with E-state index < -0.39 is 5.82 Å². The van der Waals surface area contributed by atoms with Gasteiger partial charge < -0.3 is 4.90 Å². The van der Waals surface area contributed by atoms with Gasteiger partial charge in [-0.15, -0.1) is 0 Å². The Balaban J connectivity index is 2.82. The molecule has 4 nitrogen and oxygen atoms in total. The maximum absolute atomic E-state index is 13.7. The fourth-order valence-electron chi connectivity index (χ4n) is 1.82. The van der Waals surface area contributed by atoms with Crippen LogP contribution in [-0.2, 0) is 11.2 Å². The van der Waals surface area contributed by atoms with Gasteiger partial charge in [0.15, 0.2) is 11.5 Å². The molecule has 0 aromatic carbocycles. The number of carbonyl (C=O) groups is 1. The lowest BCUT2D eigenvalue weighted by Crippen LogP contribution is -2.18. The third-order valence-corrected chi connectivity index (χ3v) is 2.57. The monoisotopic (exact) mass is 231 g/mol. The van der Waals surface area contributed by atoms with Gasteiger partial charge in [0.2, 0.25) is 6.41 Å². The normalized spacial score (nSPS) is 10.8. The molecule has 1 amide bonds. The number of hydrogen-bond donors (Lipinski definition) is 0. The van der Waals surface area contributed by atoms with Crippen molar-refractivity contribution in [1.82, 2.24) is 9.38 Å². The summed E-state index contributed by atoms with van der Waals surface area (Å²) in [5, 5.41) is 0. The molecule has 0 saturated carbocycles. The van der Waals surface area contributed by atoms with E-state index in [1.807, 2.05) is 6.92 Å². The number of halogens is 1. The summed E-state index contributed by atoms with van der Waals surface area (Å²) in [6, 6.07) is 1.21. The molecule has 0 aliphatic rings. The zero-order valence-corrected chi connectivity index (χ0v) is 9.64. The Labute approximate surface area is 99.5 Å². The Kier molecular flexibility index (Phi) is 2.87. The Bertz CT molecular complexity index is 582. The Morgan fingerprint density at radius 1 is 1.65 bits per heavy atom. The molecule has 0 bridgehead atoms. The fourth-order valence-corrected chi connectivity index (χ4v) is 1.82. The Hall–Kier alpha value is -1.85. The molecule has 6 heteroatoms. The van der Waals surface area contributed by atoms with Gasteiger partial charge in [-0.3, -0.25) is 9.20 Å². The molecule has 86 valence electrons. The predicted molar refractivity (Wildman–Crippen MR) is 64.4 cm³/mol. The minimum absolute atomic E-state index is 0.180. The Morgan fingerprint density at radius 2 is 2.35 bits per heavy atom. The number of hydrogen-bond acceptors (Lipinski definition) is 2. The maximum atomic E-state index is 13.7. The molecule has 0 fully saturated rings. The molecule has 2 aromatic heterocycles.